The van der Waals surface area contributed by atoms with E-state index in [0.717, 1.165) is 24.2 Å². The van der Waals surface area contributed by atoms with Crippen LogP contribution in [0.2, 0.25) is 0 Å². The second kappa shape index (κ2) is 7.77. The molecule has 1 saturated heterocycles. The van der Waals surface area contributed by atoms with Crippen LogP contribution in [0.1, 0.15) is 24.0 Å². The molecule has 1 aliphatic heterocycles. The summed E-state index contributed by atoms with van der Waals surface area (Å²) in [6, 6.07) is 13.7. The van der Waals surface area contributed by atoms with Crippen molar-refractivity contribution in [3.05, 3.63) is 69.8 Å². The van der Waals surface area contributed by atoms with E-state index in [1.165, 1.54) is 6.07 Å². The van der Waals surface area contributed by atoms with E-state index in [2.05, 4.69) is 5.32 Å². The normalized spacial score (nSPS) is 13.7. The van der Waals surface area contributed by atoms with Crippen molar-refractivity contribution in [3.63, 3.8) is 0 Å². The van der Waals surface area contributed by atoms with E-state index >= 15 is 0 Å². The van der Waals surface area contributed by atoms with Gasteiger partial charge in [0.25, 0.3) is 5.69 Å². The third-order valence-corrected chi connectivity index (χ3v) is 4.35. The fourth-order valence-electron chi connectivity index (χ4n) is 2.99. The fourth-order valence-corrected chi connectivity index (χ4v) is 2.99. The van der Waals surface area contributed by atoms with Crippen LogP contribution in [-0.4, -0.2) is 23.3 Å². The molecule has 26 heavy (non-hydrogen) atoms. The van der Waals surface area contributed by atoms with Crippen LogP contribution in [0.5, 0.6) is 0 Å². The van der Waals surface area contributed by atoms with Crippen LogP contribution in [0.25, 0.3) is 0 Å². The van der Waals surface area contributed by atoms with Gasteiger partial charge < -0.3 is 10.2 Å². The second-order valence-electron chi connectivity index (χ2n) is 6.15. The highest BCUT2D eigenvalue weighted by Crippen LogP contribution is 2.22. The predicted molar refractivity (Wildman–Crippen MR) is 96.7 cm³/mol. The summed E-state index contributed by atoms with van der Waals surface area (Å²) >= 11 is 0. The Morgan fingerprint density at radius 2 is 1.88 bits per heavy atom. The number of hydrogen-bond donors (Lipinski definition) is 1. The lowest BCUT2D eigenvalue weighted by atomic mass is 10.1. The molecule has 0 saturated carbocycles. The van der Waals surface area contributed by atoms with Crippen molar-refractivity contribution in [2.75, 3.05) is 11.4 Å². The predicted octanol–water partition coefficient (Wildman–Crippen LogP) is 2.58. The van der Waals surface area contributed by atoms with E-state index in [4.69, 9.17) is 0 Å². The van der Waals surface area contributed by atoms with E-state index in [-0.39, 0.29) is 23.9 Å². The number of nitro benzene ring substituents is 1. The van der Waals surface area contributed by atoms with Gasteiger partial charge in [0.05, 0.1) is 11.3 Å². The summed E-state index contributed by atoms with van der Waals surface area (Å²) in [6.07, 6.45) is 1.42. The van der Waals surface area contributed by atoms with Crippen molar-refractivity contribution in [1.29, 1.82) is 0 Å². The molecular formula is C19H19N3O4. The average molecular weight is 353 g/mol. The van der Waals surface area contributed by atoms with Gasteiger partial charge in [-0.2, -0.15) is 0 Å². The molecule has 3 rings (SSSR count). The van der Waals surface area contributed by atoms with Crippen LogP contribution in [0.3, 0.4) is 0 Å². The SMILES string of the molecule is O=C(Cc1ccccc1[N+](=O)[O-])NCc1ccc(N2CCCC2=O)cc1. The molecule has 1 fully saturated rings. The summed E-state index contributed by atoms with van der Waals surface area (Å²) in [5.74, 6) is -0.145. The minimum absolute atomic E-state index is 0.0441. The molecule has 0 radical (unpaired) electrons. The molecule has 7 heteroatoms. The zero-order chi connectivity index (χ0) is 18.5. The van der Waals surface area contributed by atoms with Crippen LogP contribution in [0.15, 0.2) is 48.5 Å². The van der Waals surface area contributed by atoms with Crippen LogP contribution in [-0.2, 0) is 22.6 Å². The van der Waals surface area contributed by atoms with Gasteiger partial charge in [0.15, 0.2) is 0 Å². The molecule has 0 unspecified atom stereocenters. The highest BCUT2D eigenvalue weighted by atomic mass is 16.6. The molecule has 2 amide bonds. The number of nitro groups is 1. The summed E-state index contributed by atoms with van der Waals surface area (Å²) in [5.41, 5.74) is 2.10. The van der Waals surface area contributed by atoms with E-state index in [1.54, 1.807) is 23.1 Å². The van der Waals surface area contributed by atoms with E-state index in [9.17, 15) is 19.7 Å². The zero-order valence-electron chi connectivity index (χ0n) is 14.2. The van der Waals surface area contributed by atoms with E-state index < -0.39 is 4.92 Å². The number of rotatable bonds is 6. The number of hydrogen-bond acceptors (Lipinski definition) is 4. The van der Waals surface area contributed by atoms with Gasteiger partial charge in [-0.05, 0) is 24.1 Å². The fraction of sp³-hybridized carbons (Fsp3) is 0.263. The Bertz CT molecular complexity index is 833. The van der Waals surface area contributed by atoms with Gasteiger partial charge in [-0.15, -0.1) is 0 Å². The summed E-state index contributed by atoms with van der Waals surface area (Å²) in [6.45, 7) is 1.07. The van der Waals surface area contributed by atoms with Gasteiger partial charge >= 0.3 is 0 Å². The maximum Gasteiger partial charge on any atom is 0.273 e. The standard InChI is InChI=1S/C19H19N3O4/c23-18(12-15-4-1-2-5-17(15)22(25)26)20-13-14-7-9-16(10-8-14)21-11-3-6-19(21)24/h1-2,4-5,7-10H,3,6,11-13H2,(H,20,23). The van der Waals surface area contributed by atoms with Crippen LogP contribution < -0.4 is 10.2 Å². The average Bonchev–Trinajstić information content (AvgIpc) is 3.07. The van der Waals surface area contributed by atoms with Gasteiger partial charge in [-0.25, -0.2) is 0 Å². The Balaban J connectivity index is 1.56. The van der Waals surface area contributed by atoms with Crippen molar-refractivity contribution in [1.82, 2.24) is 5.32 Å². The summed E-state index contributed by atoms with van der Waals surface area (Å²) < 4.78 is 0. The molecule has 0 aliphatic carbocycles. The van der Waals surface area contributed by atoms with Crippen molar-refractivity contribution in [3.8, 4) is 0 Å². The number of carbonyl (C=O) groups excluding carboxylic acids is 2. The van der Waals surface area contributed by atoms with E-state index in [1.807, 2.05) is 24.3 Å². The minimum atomic E-state index is -0.485. The van der Waals surface area contributed by atoms with Gasteiger partial charge in [0.2, 0.25) is 11.8 Å². The molecule has 2 aromatic carbocycles. The van der Waals surface area contributed by atoms with Crippen molar-refractivity contribution in [2.45, 2.75) is 25.8 Å². The van der Waals surface area contributed by atoms with Crippen LogP contribution >= 0.6 is 0 Å². The molecule has 1 heterocycles. The Morgan fingerprint density at radius 1 is 1.15 bits per heavy atom. The Hall–Kier alpha value is -3.22. The minimum Gasteiger partial charge on any atom is -0.352 e. The van der Waals surface area contributed by atoms with Crippen LogP contribution in [0, 0.1) is 10.1 Å². The molecule has 0 bridgehead atoms. The number of amides is 2. The molecule has 1 aliphatic rings. The smallest absolute Gasteiger partial charge is 0.273 e. The van der Waals surface area contributed by atoms with Gasteiger partial charge in [0.1, 0.15) is 0 Å². The Labute approximate surface area is 150 Å². The topological polar surface area (TPSA) is 92.5 Å². The largest absolute Gasteiger partial charge is 0.352 e. The summed E-state index contributed by atoms with van der Waals surface area (Å²) in [4.78, 5) is 36.1. The summed E-state index contributed by atoms with van der Waals surface area (Å²) in [7, 11) is 0. The molecule has 1 N–H and O–H groups in total. The molecule has 7 nitrogen and oxygen atoms in total. The maximum atomic E-state index is 12.1. The first-order valence-corrected chi connectivity index (χ1v) is 8.43. The van der Waals surface area contributed by atoms with Gasteiger partial charge in [0, 0.05) is 36.8 Å². The van der Waals surface area contributed by atoms with Crippen molar-refractivity contribution >= 4 is 23.2 Å². The lowest BCUT2D eigenvalue weighted by Gasteiger charge is -2.16. The Kier molecular flexibility index (Phi) is 5.26. The van der Waals surface area contributed by atoms with E-state index in [0.29, 0.717) is 18.5 Å². The highest BCUT2D eigenvalue weighted by Gasteiger charge is 2.21. The molecule has 134 valence electrons. The number of benzene rings is 2. The van der Waals surface area contributed by atoms with Crippen LogP contribution in [0.4, 0.5) is 11.4 Å². The third-order valence-electron chi connectivity index (χ3n) is 4.35. The van der Waals surface area contributed by atoms with Gasteiger partial charge in [-0.1, -0.05) is 30.3 Å². The molecule has 0 atom stereocenters. The first-order chi connectivity index (χ1) is 12.5. The molecule has 0 aromatic heterocycles. The first kappa shape index (κ1) is 17.6. The number of carbonyl (C=O) groups is 2. The maximum absolute atomic E-state index is 12.1. The lowest BCUT2D eigenvalue weighted by molar-refractivity contribution is -0.385. The van der Waals surface area contributed by atoms with Crippen molar-refractivity contribution in [2.24, 2.45) is 0 Å². The third kappa shape index (κ3) is 4.05. The highest BCUT2D eigenvalue weighted by molar-refractivity contribution is 5.95. The number of nitrogens with zero attached hydrogens (tertiary/aromatic N) is 2. The molecule has 2 aromatic rings. The second-order valence-corrected chi connectivity index (χ2v) is 6.15. The first-order valence-electron chi connectivity index (χ1n) is 8.43. The quantitative estimate of drug-likeness (QED) is 0.638. The number of nitrogens with one attached hydrogen (secondary N) is 1. The number of anilines is 1. The molecule has 0 spiro atoms. The lowest BCUT2D eigenvalue weighted by Crippen LogP contribution is -2.25. The number of para-hydroxylation sites is 1. The Morgan fingerprint density at radius 3 is 2.54 bits per heavy atom. The molecular weight excluding hydrogens is 334 g/mol. The monoisotopic (exact) mass is 353 g/mol. The van der Waals surface area contributed by atoms with Gasteiger partial charge in [-0.3, -0.25) is 19.7 Å². The van der Waals surface area contributed by atoms with Crippen molar-refractivity contribution < 1.29 is 14.5 Å². The zero-order valence-corrected chi connectivity index (χ0v) is 14.2. The summed E-state index contributed by atoms with van der Waals surface area (Å²) in [5, 5.41) is 13.8.